The molecule has 47 heavy (non-hydrogen) atoms. The summed E-state index contributed by atoms with van der Waals surface area (Å²) in [7, 11) is 3.69. The Labute approximate surface area is 281 Å². The summed E-state index contributed by atoms with van der Waals surface area (Å²) in [5, 5.41) is 16.0. The van der Waals surface area contributed by atoms with Gasteiger partial charge in [-0.25, -0.2) is 0 Å². The van der Waals surface area contributed by atoms with Crippen molar-refractivity contribution in [3.63, 3.8) is 0 Å². The second kappa shape index (κ2) is 16.6. The number of cyclic esters (lactones) is 1. The van der Waals surface area contributed by atoms with Crippen molar-refractivity contribution >= 4 is 25.3 Å². The Morgan fingerprint density at radius 1 is 1.23 bits per heavy atom. The summed E-state index contributed by atoms with van der Waals surface area (Å²) in [6, 6.07) is 7.09. The van der Waals surface area contributed by atoms with Crippen molar-refractivity contribution in [3.8, 4) is 23.8 Å². The van der Waals surface area contributed by atoms with Crippen molar-refractivity contribution in [2.24, 2.45) is 11.8 Å². The topological polar surface area (TPSA) is 143 Å². The standard InChI is InChI=1S/C35H55BN6O5/c1-10-29-35(8,46-11-2)32(38-17-12-13-18-42-21-28(40-41-42)26-15-14-16-27(37)19-26)25(6)39-22(3)20-34(7,45-9)31(36)23(4)30(43)24(5)33(44)47-29/h2,14-16,19,21-25,29,31-32,38-39H,10,12-13,17-18,20,36-37H2,1,3-9H3/t22-,23+,24-,25-,29-,31-,32-,34-,35-/m1/s1. The molecule has 0 unspecified atom stereocenters. The summed E-state index contributed by atoms with van der Waals surface area (Å²) in [5.74, 6) is -2.26. The van der Waals surface area contributed by atoms with Gasteiger partial charge in [-0.2, -0.15) is 0 Å². The van der Waals surface area contributed by atoms with Crippen LogP contribution in [0.25, 0.3) is 11.3 Å². The molecule has 0 saturated carbocycles. The van der Waals surface area contributed by atoms with Crippen LogP contribution in [0.2, 0.25) is 5.82 Å². The van der Waals surface area contributed by atoms with E-state index in [2.05, 4.69) is 40.9 Å². The summed E-state index contributed by atoms with van der Waals surface area (Å²) in [6.45, 7) is 14.9. The van der Waals surface area contributed by atoms with Gasteiger partial charge in [0.15, 0.2) is 5.60 Å². The van der Waals surface area contributed by atoms with Crippen molar-refractivity contribution in [1.29, 1.82) is 0 Å². The second-order valence-corrected chi connectivity index (χ2v) is 13.6. The van der Waals surface area contributed by atoms with Gasteiger partial charge >= 0.3 is 5.97 Å². The van der Waals surface area contributed by atoms with Crippen LogP contribution >= 0.6 is 0 Å². The number of aromatic nitrogens is 3. The molecule has 1 aliphatic rings. The van der Waals surface area contributed by atoms with Gasteiger partial charge in [-0.15, -0.1) is 5.10 Å². The van der Waals surface area contributed by atoms with E-state index in [1.807, 2.05) is 70.7 Å². The Morgan fingerprint density at radius 2 is 1.96 bits per heavy atom. The minimum Gasteiger partial charge on any atom is -0.457 e. The molecule has 2 heterocycles. The van der Waals surface area contributed by atoms with Crippen molar-refractivity contribution in [2.75, 3.05) is 19.4 Å². The number of carbonyl (C=O) groups excluding carboxylic acids is 2. The molecule has 1 fully saturated rings. The van der Waals surface area contributed by atoms with Crippen LogP contribution in [0.3, 0.4) is 0 Å². The van der Waals surface area contributed by atoms with Crippen LogP contribution in [-0.4, -0.2) is 83.7 Å². The molecule has 0 aliphatic carbocycles. The molecule has 1 aromatic carbocycles. The molecular formula is C35H55BN6O5. The minimum absolute atomic E-state index is 0.0172. The average Bonchev–Trinajstić information content (AvgIpc) is 3.52. The summed E-state index contributed by atoms with van der Waals surface area (Å²) in [5.41, 5.74) is 6.59. The molecule has 3 rings (SSSR count). The Hall–Kier alpha value is -3.40. The molecule has 0 amide bonds. The Kier molecular flexibility index (Phi) is 13.5. The number of nitrogens with zero attached hydrogens (tertiary/aromatic N) is 3. The van der Waals surface area contributed by atoms with E-state index >= 15 is 0 Å². The van der Waals surface area contributed by atoms with Gasteiger partial charge in [0.1, 0.15) is 37.5 Å². The van der Waals surface area contributed by atoms with E-state index in [0.29, 0.717) is 31.6 Å². The van der Waals surface area contributed by atoms with E-state index in [1.165, 1.54) is 0 Å². The molecule has 11 nitrogen and oxygen atoms in total. The molecule has 9 atom stereocenters. The van der Waals surface area contributed by atoms with Crippen LogP contribution in [0.1, 0.15) is 74.1 Å². The third kappa shape index (κ3) is 9.15. The minimum atomic E-state index is -1.11. The number of hydrogen-bond acceptors (Lipinski definition) is 10. The number of carbonyl (C=O) groups is 2. The van der Waals surface area contributed by atoms with Crippen molar-refractivity contribution in [1.82, 2.24) is 25.6 Å². The van der Waals surface area contributed by atoms with Crippen LogP contribution in [0.15, 0.2) is 30.5 Å². The highest BCUT2D eigenvalue weighted by Gasteiger charge is 2.49. The van der Waals surface area contributed by atoms with E-state index in [9.17, 15) is 9.59 Å². The van der Waals surface area contributed by atoms with Gasteiger partial charge in [0, 0.05) is 42.9 Å². The fourth-order valence-corrected chi connectivity index (χ4v) is 7.03. The maximum absolute atomic E-state index is 13.5. The number of nitrogens with one attached hydrogen (secondary N) is 2. The van der Waals surface area contributed by atoms with Gasteiger partial charge in [-0.3, -0.25) is 14.3 Å². The average molecular weight is 651 g/mol. The monoisotopic (exact) mass is 650 g/mol. The van der Waals surface area contributed by atoms with Gasteiger partial charge in [-0.1, -0.05) is 37.6 Å². The van der Waals surface area contributed by atoms with Crippen LogP contribution in [0.4, 0.5) is 5.69 Å². The Bertz CT molecular complexity index is 1380. The lowest BCUT2D eigenvalue weighted by Crippen LogP contribution is -2.66. The highest BCUT2D eigenvalue weighted by Crippen LogP contribution is 2.38. The molecule has 0 spiro atoms. The molecule has 12 heteroatoms. The number of Topliss-reactive ketones (excluding diaryl/α,β-unsaturated/α-hetero) is 1. The SMILES string of the molecule is B[C@@H]1[C@@H](C)C(=O)[C@@H](C)C(=O)O[C@H](CC)[C@@](C)(OC#C)[C@H](NCCCCn2cc(-c3cccc(N)c3)nn2)[C@@H](C)N[C@H](C)C[C@@]1(C)OC. The number of ketones is 1. The number of nitrogens with two attached hydrogens (primary N) is 1. The molecular weight excluding hydrogens is 595 g/mol. The summed E-state index contributed by atoms with van der Waals surface area (Å²) in [6.07, 6.45) is 12.1. The smallest absolute Gasteiger partial charge is 0.316 e. The molecule has 1 saturated heterocycles. The number of anilines is 1. The van der Waals surface area contributed by atoms with Crippen molar-refractivity contribution in [3.05, 3.63) is 30.5 Å². The van der Waals surface area contributed by atoms with E-state index in [1.54, 1.807) is 14.0 Å². The van der Waals surface area contributed by atoms with Crippen molar-refractivity contribution in [2.45, 2.75) is 122 Å². The number of hydrogen-bond donors (Lipinski definition) is 3. The molecule has 4 N–H and O–H groups in total. The molecule has 2 aromatic rings. The normalized spacial score (nSPS) is 32.6. The van der Waals surface area contributed by atoms with Gasteiger partial charge in [0.05, 0.1) is 17.8 Å². The number of esters is 1. The molecule has 1 aliphatic heterocycles. The number of methoxy groups -OCH3 is 1. The van der Waals surface area contributed by atoms with E-state index in [0.717, 1.165) is 24.1 Å². The summed E-state index contributed by atoms with van der Waals surface area (Å²) in [4.78, 5) is 27.0. The molecule has 0 bridgehead atoms. The number of terminal acetylenes is 1. The lowest BCUT2D eigenvalue weighted by molar-refractivity contribution is -0.174. The number of nitrogen functional groups attached to an aromatic ring is 1. The third-order valence-corrected chi connectivity index (χ3v) is 10.2. The van der Waals surface area contributed by atoms with Crippen LogP contribution < -0.4 is 16.4 Å². The van der Waals surface area contributed by atoms with Crippen molar-refractivity contribution < 1.29 is 23.8 Å². The second-order valence-electron chi connectivity index (χ2n) is 13.6. The van der Waals surface area contributed by atoms with Crippen LogP contribution in [0.5, 0.6) is 0 Å². The first-order valence-electron chi connectivity index (χ1n) is 16.9. The van der Waals surface area contributed by atoms with E-state index < -0.39 is 35.1 Å². The number of ether oxygens (including phenoxy) is 3. The first-order chi connectivity index (χ1) is 22.2. The van der Waals surface area contributed by atoms with E-state index in [-0.39, 0.29) is 29.7 Å². The predicted molar refractivity (Wildman–Crippen MR) is 187 cm³/mol. The van der Waals surface area contributed by atoms with Crippen LogP contribution in [0, 0.1) is 24.4 Å². The number of unbranched alkanes of at least 4 members (excludes halogenated alkanes) is 1. The van der Waals surface area contributed by atoms with E-state index in [4.69, 9.17) is 26.4 Å². The molecule has 258 valence electrons. The largest absolute Gasteiger partial charge is 0.457 e. The highest BCUT2D eigenvalue weighted by atomic mass is 16.6. The maximum atomic E-state index is 13.5. The lowest BCUT2D eigenvalue weighted by Gasteiger charge is -2.46. The Balaban J connectivity index is 1.82. The third-order valence-electron chi connectivity index (χ3n) is 10.2. The Morgan fingerprint density at radius 3 is 2.60 bits per heavy atom. The zero-order valence-corrected chi connectivity index (χ0v) is 29.7. The zero-order valence-electron chi connectivity index (χ0n) is 29.7. The zero-order chi connectivity index (χ0) is 34.9. The van der Waals surface area contributed by atoms with Gasteiger partial charge in [0.2, 0.25) is 0 Å². The molecule has 0 radical (unpaired) electrons. The fourth-order valence-electron chi connectivity index (χ4n) is 7.03. The maximum Gasteiger partial charge on any atom is 0.316 e. The molecule has 1 aromatic heterocycles. The van der Waals surface area contributed by atoms with Gasteiger partial charge < -0.3 is 30.6 Å². The van der Waals surface area contributed by atoms with Gasteiger partial charge in [-0.05, 0) is 84.8 Å². The quantitative estimate of drug-likeness (QED) is 0.0875. The fraction of sp³-hybridized carbons (Fsp3) is 0.657. The number of aryl methyl sites for hydroxylation is 1. The predicted octanol–water partition coefficient (Wildman–Crippen LogP) is 3.39. The summed E-state index contributed by atoms with van der Waals surface area (Å²) >= 11 is 0. The highest BCUT2D eigenvalue weighted by molar-refractivity contribution is 6.15. The first kappa shape index (κ1) is 38.1. The lowest BCUT2D eigenvalue weighted by atomic mass is 9.63. The van der Waals surface area contributed by atoms with Crippen LogP contribution in [-0.2, 0) is 30.3 Å². The number of benzene rings is 1. The van der Waals surface area contributed by atoms with Gasteiger partial charge in [0.25, 0.3) is 0 Å². The summed E-state index contributed by atoms with van der Waals surface area (Å²) < 4.78 is 20.0. The first-order valence-corrected chi connectivity index (χ1v) is 16.9. The number of rotatable bonds is 10.